The highest BCUT2D eigenvalue weighted by atomic mass is 79.9. The van der Waals surface area contributed by atoms with Gasteiger partial charge in [-0.3, -0.25) is 4.90 Å². The Kier molecular flexibility index (Phi) is 5.56. The summed E-state index contributed by atoms with van der Waals surface area (Å²) in [4.78, 5) is 2.13. The zero-order chi connectivity index (χ0) is 13.0. The number of hydrogen-bond donors (Lipinski definition) is 1. The molecule has 1 rings (SSSR count). The van der Waals surface area contributed by atoms with Gasteiger partial charge in [0.05, 0.1) is 0 Å². The highest BCUT2D eigenvalue weighted by Gasteiger charge is 2.22. The quantitative estimate of drug-likeness (QED) is 0.904. The van der Waals surface area contributed by atoms with Gasteiger partial charge in [-0.05, 0) is 32.5 Å². The van der Waals surface area contributed by atoms with Crippen LogP contribution in [-0.2, 0) is 0 Å². The van der Waals surface area contributed by atoms with Crippen LogP contribution in [0, 0.1) is 5.82 Å². The average molecular weight is 303 g/mol. The van der Waals surface area contributed by atoms with Gasteiger partial charge in [-0.1, -0.05) is 28.9 Å². The van der Waals surface area contributed by atoms with Crippen LogP contribution in [0.4, 0.5) is 4.39 Å². The summed E-state index contributed by atoms with van der Waals surface area (Å²) < 4.78 is 14.7. The number of nitrogens with two attached hydrogens (primary N) is 1. The number of hydrogen-bond acceptors (Lipinski definition) is 2. The van der Waals surface area contributed by atoms with Gasteiger partial charge in [0.15, 0.2) is 0 Å². The van der Waals surface area contributed by atoms with Gasteiger partial charge in [-0.25, -0.2) is 4.39 Å². The first-order chi connectivity index (χ1) is 8.01. The van der Waals surface area contributed by atoms with Crippen LogP contribution < -0.4 is 5.73 Å². The van der Waals surface area contributed by atoms with Crippen LogP contribution in [0.15, 0.2) is 22.7 Å². The van der Waals surface area contributed by atoms with Crippen LogP contribution in [-0.4, -0.2) is 24.5 Å². The van der Waals surface area contributed by atoms with Gasteiger partial charge in [0, 0.05) is 28.7 Å². The molecule has 0 bridgehead atoms. The summed E-state index contributed by atoms with van der Waals surface area (Å²) in [6, 6.07) is 5.45. The van der Waals surface area contributed by atoms with Gasteiger partial charge < -0.3 is 5.73 Å². The molecular formula is C13H20BrFN2. The van der Waals surface area contributed by atoms with Crippen molar-refractivity contribution in [2.24, 2.45) is 5.73 Å². The van der Waals surface area contributed by atoms with Gasteiger partial charge in [0.25, 0.3) is 0 Å². The number of benzene rings is 1. The number of halogens is 2. The van der Waals surface area contributed by atoms with Crippen molar-refractivity contribution < 1.29 is 4.39 Å². The normalized spacial score (nSPS) is 15.0. The summed E-state index contributed by atoms with van der Waals surface area (Å²) in [5.74, 6) is -0.204. The fourth-order valence-electron chi connectivity index (χ4n) is 1.88. The molecule has 2 N–H and O–H groups in total. The summed E-state index contributed by atoms with van der Waals surface area (Å²) in [7, 11) is 1.99. The minimum Gasteiger partial charge on any atom is -0.329 e. The first-order valence-corrected chi connectivity index (χ1v) is 6.67. The van der Waals surface area contributed by atoms with Crippen molar-refractivity contribution in [3.05, 3.63) is 34.1 Å². The van der Waals surface area contributed by atoms with Gasteiger partial charge in [0.2, 0.25) is 0 Å². The average Bonchev–Trinajstić information content (AvgIpc) is 2.31. The van der Waals surface area contributed by atoms with E-state index in [0.717, 1.165) is 10.9 Å². The van der Waals surface area contributed by atoms with E-state index in [1.54, 1.807) is 6.07 Å². The van der Waals surface area contributed by atoms with Crippen molar-refractivity contribution in [3.8, 4) is 0 Å². The molecule has 96 valence electrons. The van der Waals surface area contributed by atoms with E-state index in [-0.39, 0.29) is 11.9 Å². The lowest BCUT2D eigenvalue weighted by molar-refractivity contribution is 0.181. The summed E-state index contributed by atoms with van der Waals surface area (Å²) >= 11 is 3.26. The molecule has 0 amide bonds. The molecule has 0 spiro atoms. The predicted molar refractivity (Wildman–Crippen MR) is 73.4 cm³/mol. The maximum atomic E-state index is 13.9. The molecule has 0 saturated heterocycles. The lowest BCUT2D eigenvalue weighted by Gasteiger charge is -2.32. The first kappa shape index (κ1) is 14.6. The van der Waals surface area contributed by atoms with E-state index in [2.05, 4.69) is 34.7 Å². The maximum Gasteiger partial charge on any atom is 0.129 e. The van der Waals surface area contributed by atoms with Crippen LogP contribution in [0.2, 0.25) is 0 Å². The van der Waals surface area contributed by atoms with Gasteiger partial charge in [-0.15, -0.1) is 0 Å². The molecule has 0 aliphatic rings. The van der Waals surface area contributed by atoms with Crippen LogP contribution in [0.25, 0.3) is 0 Å². The number of likely N-dealkylation sites (N-methyl/N-ethyl adjacent to an activating group) is 1. The smallest absolute Gasteiger partial charge is 0.129 e. The Bertz CT molecular complexity index is 370. The summed E-state index contributed by atoms with van der Waals surface area (Å²) in [5.41, 5.74) is 6.45. The summed E-state index contributed by atoms with van der Waals surface area (Å²) in [5, 5.41) is 0. The van der Waals surface area contributed by atoms with Crippen molar-refractivity contribution in [2.75, 3.05) is 13.6 Å². The molecule has 2 unspecified atom stereocenters. The Morgan fingerprint density at radius 2 is 2.12 bits per heavy atom. The molecule has 2 nitrogen and oxygen atoms in total. The zero-order valence-corrected chi connectivity index (χ0v) is 12.2. The van der Waals surface area contributed by atoms with E-state index < -0.39 is 0 Å². The molecular weight excluding hydrogens is 283 g/mol. The van der Waals surface area contributed by atoms with E-state index in [1.165, 1.54) is 6.07 Å². The Morgan fingerprint density at radius 3 is 2.59 bits per heavy atom. The highest BCUT2D eigenvalue weighted by molar-refractivity contribution is 9.10. The second kappa shape index (κ2) is 6.47. The van der Waals surface area contributed by atoms with Gasteiger partial charge >= 0.3 is 0 Å². The number of rotatable bonds is 5. The molecule has 0 saturated carbocycles. The zero-order valence-electron chi connectivity index (χ0n) is 10.6. The molecule has 2 atom stereocenters. The first-order valence-electron chi connectivity index (χ1n) is 5.88. The summed E-state index contributed by atoms with van der Waals surface area (Å²) in [6.45, 7) is 4.66. The van der Waals surface area contributed by atoms with Crippen LogP contribution in [0.3, 0.4) is 0 Å². The lowest BCUT2D eigenvalue weighted by atomic mass is 10.0. The Morgan fingerprint density at radius 1 is 1.47 bits per heavy atom. The van der Waals surface area contributed by atoms with Crippen molar-refractivity contribution in [2.45, 2.75) is 32.4 Å². The molecule has 4 heteroatoms. The molecule has 0 aromatic heterocycles. The largest absolute Gasteiger partial charge is 0.329 e. The molecule has 0 aliphatic heterocycles. The van der Waals surface area contributed by atoms with Crippen molar-refractivity contribution >= 4 is 15.9 Å². The third-order valence-electron chi connectivity index (χ3n) is 3.32. The van der Waals surface area contributed by atoms with E-state index in [9.17, 15) is 4.39 Å². The van der Waals surface area contributed by atoms with E-state index >= 15 is 0 Å². The minimum absolute atomic E-state index is 0.0713. The SMILES string of the molecule is CCC(C)N(C)C(CN)c1ccc(Br)cc1F. The van der Waals surface area contributed by atoms with Crippen molar-refractivity contribution in [1.82, 2.24) is 4.90 Å². The predicted octanol–water partition coefficient (Wildman–Crippen LogP) is 3.32. The maximum absolute atomic E-state index is 13.9. The molecule has 17 heavy (non-hydrogen) atoms. The fraction of sp³-hybridized carbons (Fsp3) is 0.538. The van der Waals surface area contributed by atoms with Crippen molar-refractivity contribution in [1.29, 1.82) is 0 Å². The molecule has 1 aromatic rings. The van der Waals surface area contributed by atoms with Gasteiger partial charge in [-0.2, -0.15) is 0 Å². The standard InChI is InChI=1S/C13H20BrFN2/c1-4-9(2)17(3)13(8-16)11-6-5-10(14)7-12(11)15/h5-7,9,13H,4,8,16H2,1-3H3. The molecule has 1 aromatic carbocycles. The van der Waals surface area contributed by atoms with E-state index in [0.29, 0.717) is 18.2 Å². The molecule has 0 heterocycles. The lowest BCUT2D eigenvalue weighted by Crippen LogP contribution is -2.37. The monoisotopic (exact) mass is 302 g/mol. The fourth-order valence-corrected chi connectivity index (χ4v) is 2.21. The second-order valence-electron chi connectivity index (χ2n) is 4.34. The molecule has 0 fully saturated rings. The Labute approximate surface area is 111 Å². The topological polar surface area (TPSA) is 29.3 Å². The third kappa shape index (κ3) is 3.50. The van der Waals surface area contributed by atoms with Crippen LogP contribution >= 0.6 is 15.9 Å². The number of nitrogens with zero attached hydrogens (tertiary/aromatic N) is 1. The molecule has 0 aliphatic carbocycles. The molecule has 0 radical (unpaired) electrons. The van der Waals surface area contributed by atoms with E-state index in [4.69, 9.17) is 5.73 Å². The van der Waals surface area contributed by atoms with Crippen LogP contribution in [0.5, 0.6) is 0 Å². The Balaban J connectivity index is 3.01. The summed E-state index contributed by atoms with van der Waals surface area (Å²) in [6.07, 6.45) is 1.02. The van der Waals surface area contributed by atoms with E-state index in [1.807, 2.05) is 13.1 Å². The highest BCUT2D eigenvalue weighted by Crippen LogP contribution is 2.26. The minimum atomic E-state index is -0.204. The van der Waals surface area contributed by atoms with Crippen molar-refractivity contribution in [3.63, 3.8) is 0 Å². The third-order valence-corrected chi connectivity index (χ3v) is 3.82. The van der Waals surface area contributed by atoms with Crippen LogP contribution in [0.1, 0.15) is 31.9 Å². The second-order valence-corrected chi connectivity index (χ2v) is 5.26. The van der Waals surface area contributed by atoms with Gasteiger partial charge in [0.1, 0.15) is 5.82 Å². The Hall–Kier alpha value is -0.450.